The smallest absolute Gasteiger partial charge is 0.0465 e. The maximum absolute atomic E-state index is 2.48. The lowest BCUT2D eigenvalue weighted by atomic mass is 9.82. The number of rotatable bonds is 11. The fourth-order valence-electron chi connectivity index (χ4n) is 12.8. The van der Waals surface area contributed by atoms with Crippen molar-refractivity contribution in [2.45, 2.75) is 50.9 Å². The van der Waals surface area contributed by atoms with Gasteiger partial charge in [0.1, 0.15) is 0 Å². The van der Waals surface area contributed by atoms with Crippen molar-refractivity contribution in [2.24, 2.45) is 11.8 Å². The number of benzene rings is 10. The molecular weight excluding hydrogens is 869 g/mol. The molecule has 2 fully saturated rings. The van der Waals surface area contributed by atoms with Gasteiger partial charge in [0.15, 0.2) is 0 Å². The number of para-hydroxylation sites is 2. The van der Waals surface area contributed by atoms with Crippen molar-refractivity contribution >= 4 is 34.1 Å². The van der Waals surface area contributed by atoms with Crippen molar-refractivity contribution in [3.63, 3.8) is 0 Å². The Labute approximate surface area is 425 Å². The van der Waals surface area contributed by atoms with Crippen molar-refractivity contribution in [1.82, 2.24) is 0 Å². The molecule has 3 aliphatic carbocycles. The van der Waals surface area contributed by atoms with E-state index in [-0.39, 0.29) is 5.41 Å². The van der Waals surface area contributed by atoms with E-state index in [0.717, 1.165) is 34.6 Å². The average Bonchev–Trinajstić information content (AvgIpc) is 4.15. The van der Waals surface area contributed by atoms with Gasteiger partial charge in [0, 0.05) is 39.5 Å². The summed E-state index contributed by atoms with van der Waals surface area (Å²) in [6.45, 7) is 4.76. The van der Waals surface area contributed by atoms with Crippen LogP contribution in [-0.2, 0) is 5.41 Å². The van der Waals surface area contributed by atoms with Crippen molar-refractivity contribution in [2.75, 3.05) is 9.80 Å². The Balaban J connectivity index is 0.919. The molecule has 10 aromatic carbocycles. The zero-order valence-corrected chi connectivity index (χ0v) is 41.1. The molecule has 348 valence electrons. The first kappa shape index (κ1) is 43.8. The van der Waals surface area contributed by atoms with Crippen LogP contribution in [0.4, 0.5) is 34.1 Å². The third kappa shape index (κ3) is 7.83. The highest BCUT2D eigenvalue weighted by atomic mass is 15.1. The summed E-state index contributed by atoms with van der Waals surface area (Å²) in [6.07, 6.45) is 5.57. The Morgan fingerprint density at radius 2 is 0.722 bits per heavy atom. The Morgan fingerprint density at radius 3 is 1.21 bits per heavy atom. The fourth-order valence-corrected chi connectivity index (χ4v) is 12.8. The molecule has 0 amide bonds. The number of nitrogens with zero attached hydrogens (tertiary/aromatic N) is 2. The third-order valence-electron chi connectivity index (χ3n) is 16.4. The first-order valence-electron chi connectivity index (χ1n) is 26.0. The number of hydrogen-bond donors (Lipinski definition) is 0. The van der Waals surface area contributed by atoms with E-state index in [1.165, 1.54) is 109 Å². The van der Waals surface area contributed by atoms with E-state index in [9.17, 15) is 0 Å². The van der Waals surface area contributed by atoms with E-state index in [2.05, 4.69) is 272 Å². The second-order valence-corrected chi connectivity index (χ2v) is 20.9. The number of anilines is 6. The minimum atomic E-state index is -0.105. The van der Waals surface area contributed by atoms with Crippen LogP contribution in [0.15, 0.2) is 249 Å². The van der Waals surface area contributed by atoms with Crippen LogP contribution in [0.3, 0.4) is 0 Å². The molecule has 0 saturated heterocycles. The van der Waals surface area contributed by atoms with Gasteiger partial charge >= 0.3 is 0 Å². The minimum absolute atomic E-state index is 0.105. The van der Waals surface area contributed by atoms with Gasteiger partial charge in [-0.05, 0) is 194 Å². The summed E-state index contributed by atoms with van der Waals surface area (Å²) < 4.78 is 0. The van der Waals surface area contributed by atoms with Crippen LogP contribution in [0.5, 0.6) is 0 Å². The summed E-state index contributed by atoms with van der Waals surface area (Å²) in [7, 11) is 0. The van der Waals surface area contributed by atoms with Crippen LogP contribution < -0.4 is 9.80 Å². The highest BCUT2D eigenvalue weighted by Gasteiger charge is 2.40. The monoisotopic (exact) mass is 926 g/mol. The molecule has 0 spiro atoms. The molecule has 2 bridgehead atoms. The fraction of sp³-hybridized carbons (Fsp3) is 0.143. The van der Waals surface area contributed by atoms with Crippen LogP contribution in [0, 0.1) is 11.8 Å². The minimum Gasteiger partial charge on any atom is -0.311 e. The summed E-state index contributed by atoms with van der Waals surface area (Å²) in [4.78, 5) is 4.80. The number of fused-ring (bicyclic) bond motifs is 5. The third-order valence-corrected chi connectivity index (χ3v) is 16.4. The molecule has 0 heterocycles. The maximum atomic E-state index is 2.48. The average molecular weight is 927 g/mol. The van der Waals surface area contributed by atoms with Crippen molar-refractivity contribution in [3.05, 3.63) is 265 Å². The summed E-state index contributed by atoms with van der Waals surface area (Å²) in [6, 6.07) is 92.1. The van der Waals surface area contributed by atoms with Crippen molar-refractivity contribution in [1.29, 1.82) is 0 Å². The lowest BCUT2D eigenvalue weighted by Gasteiger charge is -2.29. The topological polar surface area (TPSA) is 6.48 Å². The van der Waals surface area contributed by atoms with Crippen molar-refractivity contribution in [3.8, 4) is 55.6 Å². The van der Waals surface area contributed by atoms with E-state index in [0.29, 0.717) is 5.92 Å². The summed E-state index contributed by atoms with van der Waals surface area (Å²) in [5, 5.41) is 0. The Morgan fingerprint density at radius 1 is 0.319 bits per heavy atom. The van der Waals surface area contributed by atoms with Gasteiger partial charge in [0.05, 0.1) is 0 Å². The molecule has 0 radical (unpaired) electrons. The van der Waals surface area contributed by atoms with Crippen LogP contribution in [0.2, 0.25) is 0 Å². The molecule has 72 heavy (non-hydrogen) atoms. The second-order valence-electron chi connectivity index (χ2n) is 20.9. The first-order valence-corrected chi connectivity index (χ1v) is 26.0. The molecule has 10 aromatic rings. The molecule has 2 nitrogen and oxygen atoms in total. The van der Waals surface area contributed by atoms with Crippen LogP contribution in [-0.4, -0.2) is 0 Å². The van der Waals surface area contributed by atoms with Gasteiger partial charge in [0.25, 0.3) is 0 Å². The predicted molar refractivity (Wildman–Crippen MR) is 303 cm³/mol. The van der Waals surface area contributed by atoms with E-state index >= 15 is 0 Å². The van der Waals surface area contributed by atoms with Crippen LogP contribution >= 0.6 is 0 Å². The van der Waals surface area contributed by atoms with Crippen LogP contribution in [0.1, 0.15) is 62.1 Å². The van der Waals surface area contributed by atoms with E-state index in [4.69, 9.17) is 0 Å². The summed E-state index contributed by atoms with van der Waals surface area (Å²) >= 11 is 0. The van der Waals surface area contributed by atoms with E-state index in [1.807, 2.05) is 0 Å². The summed E-state index contributed by atoms with van der Waals surface area (Å²) in [5.74, 6) is 2.46. The molecule has 2 heteroatoms. The van der Waals surface area contributed by atoms with Crippen molar-refractivity contribution < 1.29 is 0 Å². The Kier molecular flexibility index (Phi) is 11.1. The first-order chi connectivity index (χ1) is 35.4. The highest BCUT2D eigenvalue weighted by Crippen LogP contribution is 2.54. The zero-order valence-electron chi connectivity index (χ0n) is 41.1. The van der Waals surface area contributed by atoms with Gasteiger partial charge in [0.2, 0.25) is 0 Å². The van der Waals surface area contributed by atoms with Crippen LogP contribution in [0.25, 0.3) is 55.6 Å². The SMILES string of the molecule is CC1(C)c2ccccc2-c2ccc(N(c3ccc(-c4cc(-c5ccccc5)c(-c5ccc(N(c6ccccc6)c6ccccc6)cc5)cc4-c4ccccc4)cc3)c3ccc(C4CC5CCC4C5)cc3)cc21. The zero-order chi connectivity index (χ0) is 48.2. The van der Waals surface area contributed by atoms with Gasteiger partial charge < -0.3 is 9.80 Å². The highest BCUT2D eigenvalue weighted by molar-refractivity contribution is 5.96. The van der Waals surface area contributed by atoms with Gasteiger partial charge in [-0.25, -0.2) is 0 Å². The van der Waals surface area contributed by atoms with Gasteiger partial charge in [-0.3, -0.25) is 0 Å². The predicted octanol–water partition coefficient (Wildman–Crippen LogP) is 19.5. The largest absolute Gasteiger partial charge is 0.311 e. The molecule has 3 aliphatic rings. The molecule has 0 aromatic heterocycles. The molecule has 0 aliphatic heterocycles. The van der Waals surface area contributed by atoms with E-state index < -0.39 is 0 Å². The van der Waals surface area contributed by atoms with Gasteiger partial charge in [-0.2, -0.15) is 0 Å². The molecule has 2 saturated carbocycles. The molecule has 3 unspecified atom stereocenters. The number of hydrogen-bond acceptors (Lipinski definition) is 2. The Hall–Kier alpha value is -8.20. The summed E-state index contributed by atoms with van der Waals surface area (Å²) in [5.41, 5.74) is 23.2. The van der Waals surface area contributed by atoms with Gasteiger partial charge in [-0.1, -0.05) is 184 Å². The quantitative estimate of drug-likeness (QED) is 0.128. The molecule has 0 N–H and O–H groups in total. The maximum Gasteiger partial charge on any atom is 0.0465 e. The van der Waals surface area contributed by atoms with Gasteiger partial charge in [-0.15, -0.1) is 0 Å². The lowest BCUT2D eigenvalue weighted by Crippen LogP contribution is -2.16. The lowest BCUT2D eigenvalue weighted by molar-refractivity contribution is 0.420. The van der Waals surface area contributed by atoms with E-state index in [1.54, 1.807) is 0 Å². The normalized spacial score (nSPS) is 17.1. The molecular formula is C70H58N2. The second kappa shape index (κ2) is 18.2. The molecule has 13 rings (SSSR count). The standard InChI is InChI=1S/C70H58N2/c1-70(2)68-26-16-15-25-61(68)62-42-41-60(45-69(62)70)72(58-35-29-51(30-36-58)63-44-48-27-28-54(63)43-48)59-39-33-53(34-40-59)67-47-64(49-17-7-3-8-18-49)66(46-65(67)50-19-9-4-10-20-50)52-31-37-57(38-32-52)71(55-21-11-5-12-22-55)56-23-13-6-14-24-56/h3-26,29-42,45-48,54,63H,27-28,43-44H2,1-2H3. The molecule has 3 atom stereocenters. The Bertz CT molecular complexity index is 3490.